The quantitative estimate of drug-likeness (QED) is 0.523. The Hall–Kier alpha value is -0.820. The van der Waals surface area contributed by atoms with E-state index < -0.39 is 0 Å². The number of hydrogen-bond donors (Lipinski definition) is 0. The van der Waals surface area contributed by atoms with Crippen molar-refractivity contribution in [3.63, 3.8) is 0 Å². The molecule has 0 amide bonds. The fourth-order valence-electron chi connectivity index (χ4n) is 1.53. The van der Waals surface area contributed by atoms with Crippen molar-refractivity contribution in [2.45, 2.75) is 52.9 Å². The molecule has 0 aliphatic carbocycles. The predicted octanol–water partition coefficient (Wildman–Crippen LogP) is 4.84. The van der Waals surface area contributed by atoms with E-state index in [4.69, 9.17) is 0 Å². The zero-order valence-electron chi connectivity index (χ0n) is 11.0. The third kappa shape index (κ3) is 9.72. The maximum Gasteiger partial charge on any atom is 0.0856 e. The van der Waals surface area contributed by atoms with Gasteiger partial charge < -0.3 is 0 Å². The molecule has 0 bridgehead atoms. The van der Waals surface area contributed by atoms with E-state index >= 15 is 0 Å². The highest BCUT2D eigenvalue weighted by Gasteiger charge is 1.91. The molecule has 0 saturated carbocycles. The van der Waals surface area contributed by atoms with Crippen molar-refractivity contribution in [1.82, 2.24) is 0 Å². The number of rotatable bonds is 8. The van der Waals surface area contributed by atoms with Gasteiger partial charge >= 0.3 is 0 Å². The van der Waals surface area contributed by atoms with Gasteiger partial charge in [0.2, 0.25) is 0 Å². The van der Waals surface area contributed by atoms with Crippen molar-refractivity contribution in [2.24, 2.45) is 0 Å². The van der Waals surface area contributed by atoms with E-state index in [2.05, 4.69) is 45.1 Å². The standard InChI is InChI=1S/C15H25O/c1-4-5-6-9-14(2)10-7-11-15(3)12-8-13-16/h4-5,10,12H,6-9,11,13H2,1-3H3. The predicted molar refractivity (Wildman–Crippen MR) is 71.0 cm³/mol. The van der Waals surface area contributed by atoms with Crippen LogP contribution in [0.3, 0.4) is 0 Å². The Morgan fingerprint density at radius 1 is 0.938 bits per heavy atom. The summed E-state index contributed by atoms with van der Waals surface area (Å²) in [4.78, 5) is 0. The van der Waals surface area contributed by atoms with Gasteiger partial charge in [0.25, 0.3) is 0 Å². The maximum absolute atomic E-state index is 10.3. The summed E-state index contributed by atoms with van der Waals surface area (Å²) in [6.07, 6.45) is 13.9. The van der Waals surface area contributed by atoms with Crippen molar-refractivity contribution < 1.29 is 5.11 Å². The van der Waals surface area contributed by atoms with Crippen LogP contribution in [-0.2, 0) is 5.11 Å². The van der Waals surface area contributed by atoms with Crippen LogP contribution in [0.1, 0.15) is 52.9 Å². The monoisotopic (exact) mass is 221 g/mol. The minimum absolute atomic E-state index is 0.00948. The van der Waals surface area contributed by atoms with Gasteiger partial charge in [0.15, 0.2) is 0 Å². The average molecular weight is 221 g/mol. The fourth-order valence-corrected chi connectivity index (χ4v) is 1.53. The van der Waals surface area contributed by atoms with Crippen molar-refractivity contribution >= 4 is 0 Å². The molecule has 0 aromatic heterocycles. The van der Waals surface area contributed by atoms with Crippen LogP contribution >= 0.6 is 0 Å². The Kier molecular flexibility index (Phi) is 10.1. The molecule has 0 rings (SSSR count). The van der Waals surface area contributed by atoms with Crippen molar-refractivity contribution in [1.29, 1.82) is 0 Å². The molecular formula is C15H25O. The minimum Gasteiger partial charge on any atom is -0.236 e. The van der Waals surface area contributed by atoms with E-state index in [-0.39, 0.29) is 6.61 Å². The largest absolute Gasteiger partial charge is 0.236 e. The maximum atomic E-state index is 10.3. The molecule has 16 heavy (non-hydrogen) atoms. The van der Waals surface area contributed by atoms with E-state index in [1.807, 2.05) is 0 Å². The minimum atomic E-state index is 0.00948. The first kappa shape index (κ1) is 15.2. The van der Waals surface area contributed by atoms with Gasteiger partial charge in [-0.1, -0.05) is 35.5 Å². The van der Waals surface area contributed by atoms with Crippen molar-refractivity contribution in [3.05, 3.63) is 35.5 Å². The van der Waals surface area contributed by atoms with E-state index in [0.29, 0.717) is 6.42 Å². The first-order valence-electron chi connectivity index (χ1n) is 6.21. The van der Waals surface area contributed by atoms with Gasteiger partial charge in [-0.05, 0) is 52.9 Å². The molecule has 91 valence electrons. The topological polar surface area (TPSA) is 19.9 Å². The molecule has 0 fully saturated rings. The highest BCUT2D eigenvalue weighted by molar-refractivity contribution is 5.04. The molecule has 0 aromatic carbocycles. The van der Waals surface area contributed by atoms with Crippen LogP contribution in [0.25, 0.3) is 0 Å². The summed E-state index contributed by atoms with van der Waals surface area (Å²) in [7, 11) is 0. The average Bonchev–Trinajstić information content (AvgIpc) is 2.26. The van der Waals surface area contributed by atoms with Gasteiger partial charge in [0.1, 0.15) is 0 Å². The first-order chi connectivity index (χ1) is 7.70. The van der Waals surface area contributed by atoms with E-state index in [1.165, 1.54) is 11.1 Å². The summed E-state index contributed by atoms with van der Waals surface area (Å²) >= 11 is 0. The highest BCUT2D eigenvalue weighted by atomic mass is 16.2. The van der Waals surface area contributed by atoms with Gasteiger partial charge in [0.05, 0.1) is 6.61 Å². The number of allylic oxidation sites excluding steroid dienone is 5. The zero-order chi connectivity index (χ0) is 12.2. The lowest BCUT2D eigenvalue weighted by atomic mass is 10.1. The van der Waals surface area contributed by atoms with Crippen molar-refractivity contribution in [2.75, 3.05) is 6.61 Å². The summed E-state index contributed by atoms with van der Waals surface area (Å²) < 4.78 is 0. The van der Waals surface area contributed by atoms with Gasteiger partial charge in [-0.3, -0.25) is 0 Å². The second kappa shape index (κ2) is 10.7. The molecule has 0 heterocycles. The van der Waals surface area contributed by atoms with Crippen LogP contribution in [0.5, 0.6) is 0 Å². The zero-order valence-corrected chi connectivity index (χ0v) is 11.0. The molecule has 1 heteroatoms. The fraction of sp³-hybridized carbons (Fsp3) is 0.600. The molecule has 1 nitrogen and oxygen atoms in total. The third-order valence-corrected chi connectivity index (χ3v) is 2.58. The summed E-state index contributed by atoms with van der Waals surface area (Å²) in [6.45, 7) is 6.37. The van der Waals surface area contributed by atoms with Crippen LogP contribution in [0.2, 0.25) is 0 Å². The third-order valence-electron chi connectivity index (χ3n) is 2.58. The lowest BCUT2D eigenvalue weighted by Crippen LogP contribution is -1.82. The van der Waals surface area contributed by atoms with Crippen molar-refractivity contribution in [3.8, 4) is 0 Å². The van der Waals surface area contributed by atoms with Crippen LogP contribution in [0, 0.1) is 0 Å². The number of hydrogen-bond acceptors (Lipinski definition) is 0. The van der Waals surface area contributed by atoms with Gasteiger partial charge in [-0.15, -0.1) is 0 Å². The molecule has 0 N–H and O–H groups in total. The van der Waals surface area contributed by atoms with Crippen LogP contribution in [0.15, 0.2) is 35.5 Å². The Morgan fingerprint density at radius 3 is 2.06 bits per heavy atom. The van der Waals surface area contributed by atoms with Crippen LogP contribution < -0.4 is 0 Å². The SMILES string of the molecule is CC=CCCC(C)=CCCC(C)=CCC[O]. The van der Waals surface area contributed by atoms with Gasteiger partial charge in [0, 0.05) is 0 Å². The summed E-state index contributed by atoms with van der Waals surface area (Å²) in [6, 6.07) is 0. The molecule has 0 unspecified atom stereocenters. The van der Waals surface area contributed by atoms with Gasteiger partial charge in [-0.25, -0.2) is 5.11 Å². The van der Waals surface area contributed by atoms with Crippen LogP contribution in [0.4, 0.5) is 0 Å². The summed E-state index contributed by atoms with van der Waals surface area (Å²) in [5.74, 6) is 0. The van der Waals surface area contributed by atoms with E-state index in [9.17, 15) is 5.11 Å². The molecule has 0 aliphatic heterocycles. The van der Waals surface area contributed by atoms with E-state index in [1.54, 1.807) is 0 Å². The molecular weight excluding hydrogens is 196 g/mol. The Labute approximate surface area is 101 Å². The molecule has 1 radical (unpaired) electrons. The Bertz CT molecular complexity index is 246. The molecule has 0 aliphatic rings. The van der Waals surface area contributed by atoms with Crippen LogP contribution in [-0.4, -0.2) is 6.61 Å². The lowest BCUT2D eigenvalue weighted by molar-refractivity contribution is 0.199. The second-order valence-electron chi connectivity index (χ2n) is 4.24. The highest BCUT2D eigenvalue weighted by Crippen LogP contribution is 2.10. The Balaban J connectivity index is 3.72. The molecule has 0 saturated heterocycles. The summed E-state index contributed by atoms with van der Waals surface area (Å²) in [5, 5.41) is 10.3. The van der Waals surface area contributed by atoms with Gasteiger partial charge in [-0.2, -0.15) is 0 Å². The van der Waals surface area contributed by atoms with E-state index in [0.717, 1.165) is 25.7 Å². The molecule has 0 aromatic rings. The normalized spacial score (nSPS) is 13.8. The lowest BCUT2D eigenvalue weighted by Gasteiger charge is -2.00. The first-order valence-corrected chi connectivity index (χ1v) is 6.21. The molecule has 0 atom stereocenters. The summed E-state index contributed by atoms with van der Waals surface area (Å²) in [5.41, 5.74) is 2.81. The Morgan fingerprint density at radius 2 is 1.50 bits per heavy atom. The molecule has 0 spiro atoms. The smallest absolute Gasteiger partial charge is 0.0856 e. The second-order valence-corrected chi connectivity index (χ2v) is 4.24.